The van der Waals surface area contributed by atoms with Crippen LogP contribution in [0.15, 0.2) is 28.7 Å². The number of benzene rings is 2. The van der Waals surface area contributed by atoms with Crippen molar-refractivity contribution in [3.8, 4) is 0 Å². The largest absolute Gasteiger partial charge is 0.397 e. The van der Waals surface area contributed by atoms with Crippen molar-refractivity contribution in [3.63, 3.8) is 0 Å². The summed E-state index contributed by atoms with van der Waals surface area (Å²) in [5, 5.41) is 2.83. The zero-order valence-corrected chi connectivity index (χ0v) is 12.1. The molecule has 100 valence electrons. The van der Waals surface area contributed by atoms with Gasteiger partial charge in [-0.15, -0.1) is 0 Å². The van der Waals surface area contributed by atoms with Crippen molar-refractivity contribution in [1.29, 1.82) is 0 Å². The summed E-state index contributed by atoms with van der Waals surface area (Å²) in [6.45, 7) is 3.85. The van der Waals surface area contributed by atoms with Gasteiger partial charge < -0.3 is 11.1 Å². The van der Waals surface area contributed by atoms with E-state index in [9.17, 15) is 8.78 Å². The lowest BCUT2D eigenvalue weighted by Gasteiger charge is -2.13. The molecule has 0 atom stereocenters. The van der Waals surface area contributed by atoms with Crippen molar-refractivity contribution >= 4 is 33.0 Å². The van der Waals surface area contributed by atoms with Gasteiger partial charge in [0.2, 0.25) is 0 Å². The number of nitrogens with two attached hydrogens (primary N) is 1. The van der Waals surface area contributed by atoms with Gasteiger partial charge in [0.15, 0.2) is 11.6 Å². The van der Waals surface area contributed by atoms with Crippen molar-refractivity contribution in [2.75, 3.05) is 11.1 Å². The Morgan fingerprint density at radius 2 is 1.68 bits per heavy atom. The molecule has 2 nitrogen and oxygen atoms in total. The summed E-state index contributed by atoms with van der Waals surface area (Å²) in [6, 6.07) is 6.01. The van der Waals surface area contributed by atoms with Gasteiger partial charge in [-0.25, -0.2) is 8.78 Å². The van der Waals surface area contributed by atoms with Gasteiger partial charge in [-0.05, 0) is 49.2 Å². The van der Waals surface area contributed by atoms with Crippen molar-refractivity contribution in [3.05, 3.63) is 51.5 Å². The number of rotatable bonds is 2. The molecule has 3 N–H and O–H groups in total. The van der Waals surface area contributed by atoms with Crippen molar-refractivity contribution < 1.29 is 8.78 Å². The third-order valence-corrected chi connectivity index (χ3v) is 4.08. The van der Waals surface area contributed by atoms with E-state index in [1.165, 1.54) is 6.07 Å². The van der Waals surface area contributed by atoms with E-state index in [1.54, 1.807) is 0 Å². The van der Waals surface area contributed by atoms with Crippen LogP contribution in [0.2, 0.25) is 0 Å². The van der Waals surface area contributed by atoms with Crippen LogP contribution in [0.25, 0.3) is 0 Å². The number of nitrogens with one attached hydrogen (secondary N) is 1. The molecular weight excluding hydrogens is 314 g/mol. The molecule has 2 rings (SSSR count). The predicted octanol–water partition coefficient (Wildman–Crippen LogP) is 4.67. The molecule has 0 aliphatic rings. The Balaban J connectivity index is 2.45. The molecule has 0 amide bonds. The minimum atomic E-state index is -0.974. The van der Waals surface area contributed by atoms with E-state index in [2.05, 4.69) is 21.2 Å². The molecule has 2 aromatic carbocycles. The molecule has 0 spiro atoms. The molecule has 5 heteroatoms. The minimum absolute atomic E-state index is 0.0406. The zero-order chi connectivity index (χ0) is 14.2. The van der Waals surface area contributed by atoms with Crippen LogP contribution in [0.3, 0.4) is 0 Å². The molecule has 0 aliphatic carbocycles. The predicted molar refractivity (Wildman–Crippen MR) is 77.7 cm³/mol. The van der Waals surface area contributed by atoms with Crippen LogP contribution in [0.5, 0.6) is 0 Å². The second-order valence-corrected chi connectivity index (χ2v) is 5.17. The highest BCUT2D eigenvalue weighted by atomic mass is 79.9. The monoisotopic (exact) mass is 326 g/mol. The molecule has 0 heterocycles. The van der Waals surface area contributed by atoms with Gasteiger partial charge in [0.25, 0.3) is 0 Å². The van der Waals surface area contributed by atoms with Gasteiger partial charge in [-0.1, -0.05) is 15.9 Å². The lowest BCUT2D eigenvalue weighted by atomic mass is 10.1. The second-order valence-electron chi connectivity index (χ2n) is 4.37. The SMILES string of the molecule is Cc1cc(Nc2c(N)ccc(F)c2F)cc(C)c1Br. The summed E-state index contributed by atoms with van der Waals surface area (Å²) in [6.07, 6.45) is 0. The van der Waals surface area contributed by atoms with E-state index in [0.717, 1.165) is 21.7 Å². The van der Waals surface area contributed by atoms with E-state index < -0.39 is 11.6 Å². The molecule has 0 aliphatic heterocycles. The average molecular weight is 327 g/mol. The van der Waals surface area contributed by atoms with Crippen LogP contribution in [-0.2, 0) is 0 Å². The first-order valence-corrected chi connectivity index (χ1v) is 6.46. The minimum Gasteiger partial charge on any atom is -0.397 e. The Bertz CT molecular complexity index is 619. The number of hydrogen-bond acceptors (Lipinski definition) is 2. The van der Waals surface area contributed by atoms with E-state index in [0.29, 0.717) is 5.69 Å². The number of hydrogen-bond donors (Lipinski definition) is 2. The third kappa shape index (κ3) is 2.71. The number of nitrogen functional groups attached to an aromatic ring is 1. The molecule has 19 heavy (non-hydrogen) atoms. The quantitative estimate of drug-likeness (QED) is 0.787. The first-order valence-electron chi connectivity index (χ1n) is 5.67. The smallest absolute Gasteiger partial charge is 0.184 e. The molecule has 0 aromatic heterocycles. The summed E-state index contributed by atoms with van der Waals surface area (Å²) in [7, 11) is 0. The maximum absolute atomic E-state index is 13.7. The Morgan fingerprint density at radius 1 is 1.11 bits per heavy atom. The van der Waals surface area contributed by atoms with Gasteiger partial charge in [-0.3, -0.25) is 0 Å². The standard InChI is InChI=1S/C14H13BrF2N2/c1-7-5-9(6-8(2)12(7)15)19-14-11(18)4-3-10(16)13(14)17/h3-6,19H,18H2,1-2H3. The highest BCUT2D eigenvalue weighted by Crippen LogP contribution is 2.31. The van der Waals surface area contributed by atoms with E-state index in [4.69, 9.17) is 5.73 Å². The van der Waals surface area contributed by atoms with Crippen LogP contribution in [0.1, 0.15) is 11.1 Å². The normalized spacial score (nSPS) is 10.6. The Hall–Kier alpha value is -1.62. The van der Waals surface area contributed by atoms with E-state index in [-0.39, 0.29) is 11.4 Å². The zero-order valence-electron chi connectivity index (χ0n) is 10.5. The van der Waals surface area contributed by atoms with Gasteiger partial charge in [-0.2, -0.15) is 0 Å². The molecule has 0 unspecified atom stereocenters. The second kappa shape index (κ2) is 5.17. The maximum atomic E-state index is 13.7. The Morgan fingerprint density at radius 3 is 2.26 bits per heavy atom. The number of aryl methyl sites for hydroxylation is 2. The first kappa shape index (κ1) is 13.8. The van der Waals surface area contributed by atoms with Gasteiger partial charge in [0.05, 0.1) is 5.69 Å². The first-order chi connectivity index (χ1) is 8.90. The highest BCUT2D eigenvalue weighted by molar-refractivity contribution is 9.10. The summed E-state index contributed by atoms with van der Waals surface area (Å²) < 4.78 is 27.9. The number of anilines is 3. The summed E-state index contributed by atoms with van der Waals surface area (Å²) in [4.78, 5) is 0. The van der Waals surface area contributed by atoms with Crippen LogP contribution < -0.4 is 11.1 Å². The molecule has 0 bridgehead atoms. The Labute approximate surface area is 118 Å². The molecular formula is C14H13BrF2N2. The van der Waals surface area contributed by atoms with Crippen LogP contribution in [0, 0.1) is 25.5 Å². The topological polar surface area (TPSA) is 38.0 Å². The molecule has 0 radical (unpaired) electrons. The summed E-state index contributed by atoms with van der Waals surface area (Å²) in [5.74, 6) is -1.90. The fourth-order valence-electron chi connectivity index (χ4n) is 1.86. The van der Waals surface area contributed by atoms with Crippen molar-refractivity contribution in [1.82, 2.24) is 0 Å². The molecule has 0 fully saturated rings. The third-order valence-electron chi connectivity index (χ3n) is 2.83. The van der Waals surface area contributed by atoms with Gasteiger partial charge in [0, 0.05) is 10.2 Å². The lowest BCUT2D eigenvalue weighted by molar-refractivity contribution is 0.512. The molecule has 0 saturated carbocycles. The fraction of sp³-hybridized carbons (Fsp3) is 0.143. The van der Waals surface area contributed by atoms with Crippen molar-refractivity contribution in [2.45, 2.75) is 13.8 Å². The van der Waals surface area contributed by atoms with Crippen molar-refractivity contribution in [2.24, 2.45) is 0 Å². The number of halogens is 3. The highest BCUT2D eigenvalue weighted by Gasteiger charge is 2.12. The van der Waals surface area contributed by atoms with Crippen LogP contribution in [0.4, 0.5) is 25.8 Å². The van der Waals surface area contributed by atoms with E-state index >= 15 is 0 Å². The summed E-state index contributed by atoms with van der Waals surface area (Å²) in [5.41, 5.74) is 8.45. The van der Waals surface area contributed by atoms with Crippen LogP contribution >= 0.6 is 15.9 Å². The molecule has 0 saturated heterocycles. The Kier molecular flexibility index (Phi) is 3.75. The molecule has 2 aromatic rings. The van der Waals surface area contributed by atoms with E-state index in [1.807, 2.05) is 26.0 Å². The summed E-state index contributed by atoms with van der Waals surface area (Å²) >= 11 is 3.45. The van der Waals surface area contributed by atoms with Gasteiger partial charge in [0.1, 0.15) is 5.69 Å². The maximum Gasteiger partial charge on any atom is 0.184 e. The average Bonchev–Trinajstić information content (AvgIpc) is 2.36. The van der Waals surface area contributed by atoms with Gasteiger partial charge >= 0.3 is 0 Å². The fourth-order valence-corrected chi connectivity index (χ4v) is 2.08. The lowest BCUT2D eigenvalue weighted by Crippen LogP contribution is -2.02. The van der Waals surface area contributed by atoms with Crippen LogP contribution in [-0.4, -0.2) is 0 Å².